The summed E-state index contributed by atoms with van der Waals surface area (Å²) in [5.74, 6) is 0.0357. The molecule has 0 radical (unpaired) electrons. The van der Waals surface area contributed by atoms with Crippen molar-refractivity contribution in [2.45, 2.75) is 32.5 Å². The summed E-state index contributed by atoms with van der Waals surface area (Å²) in [6, 6.07) is 9.76. The normalized spacial score (nSPS) is 18.3. The Morgan fingerprint density at radius 1 is 1.19 bits per heavy atom. The summed E-state index contributed by atoms with van der Waals surface area (Å²) in [5, 5.41) is 14.5. The molecule has 1 aromatic carbocycles. The Labute approximate surface area is 159 Å². The van der Waals surface area contributed by atoms with Gasteiger partial charge in [-0.1, -0.05) is 6.92 Å². The van der Waals surface area contributed by atoms with E-state index in [1.807, 2.05) is 46.8 Å². The van der Waals surface area contributed by atoms with E-state index in [0.717, 1.165) is 37.7 Å². The molecule has 4 rings (SSSR count). The number of fused-ring (bicyclic) bond motifs is 1. The second-order valence-corrected chi connectivity index (χ2v) is 7.08. The summed E-state index contributed by atoms with van der Waals surface area (Å²) in [7, 11) is 0. The minimum absolute atomic E-state index is 0.0357. The molecule has 1 saturated heterocycles. The molecule has 1 aromatic heterocycles. The van der Waals surface area contributed by atoms with Gasteiger partial charge < -0.3 is 19.6 Å². The summed E-state index contributed by atoms with van der Waals surface area (Å²) in [6.45, 7) is 7.00. The van der Waals surface area contributed by atoms with Crippen molar-refractivity contribution in [1.29, 1.82) is 0 Å². The van der Waals surface area contributed by atoms with Crippen molar-refractivity contribution in [3.63, 3.8) is 0 Å². The Kier molecular flexibility index (Phi) is 5.13. The van der Waals surface area contributed by atoms with Gasteiger partial charge >= 0.3 is 0 Å². The molecular weight excluding hydrogens is 344 g/mol. The lowest BCUT2D eigenvalue weighted by atomic mass is 10.1. The summed E-state index contributed by atoms with van der Waals surface area (Å²) in [5.41, 5.74) is 3.50. The predicted octanol–water partition coefficient (Wildman–Crippen LogP) is 1.82. The first-order valence-electron chi connectivity index (χ1n) is 9.62. The third-order valence-electron chi connectivity index (χ3n) is 5.32. The van der Waals surface area contributed by atoms with Gasteiger partial charge in [0.2, 0.25) is 0 Å². The molecule has 1 N–H and O–H groups in total. The highest BCUT2D eigenvalue weighted by molar-refractivity contribution is 5.94. The van der Waals surface area contributed by atoms with Gasteiger partial charge in [0.1, 0.15) is 0 Å². The number of aliphatic hydroxyl groups excluding tert-OH is 1. The lowest BCUT2D eigenvalue weighted by Crippen LogP contribution is -2.38. The molecule has 7 heteroatoms. The Morgan fingerprint density at radius 2 is 1.93 bits per heavy atom. The maximum atomic E-state index is 12.9. The summed E-state index contributed by atoms with van der Waals surface area (Å²) in [6.07, 6.45) is 0.0918. The van der Waals surface area contributed by atoms with Crippen LogP contribution in [0.4, 0.5) is 5.69 Å². The van der Waals surface area contributed by atoms with Crippen molar-refractivity contribution in [2.24, 2.45) is 0 Å². The van der Waals surface area contributed by atoms with E-state index in [-0.39, 0.29) is 5.91 Å². The van der Waals surface area contributed by atoms with Gasteiger partial charge in [0.05, 0.1) is 43.8 Å². The van der Waals surface area contributed by atoms with E-state index in [0.29, 0.717) is 37.3 Å². The molecule has 2 aliphatic rings. The van der Waals surface area contributed by atoms with Crippen molar-refractivity contribution in [3.05, 3.63) is 47.3 Å². The quantitative estimate of drug-likeness (QED) is 0.889. The van der Waals surface area contributed by atoms with Gasteiger partial charge in [-0.25, -0.2) is 0 Å². The van der Waals surface area contributed by atoms with Crippen LogP contribution in [0, 0.1) is 0 Å². The van der Waals surface area contributed by atoms with E-state index in [1.54, 1.807) is 0 Å². The second-order valence-electron chi connectivity index (χ2n) is 7.08. The van der Waals surface area contributed by atoms with Crippen molar-refractivity contribution < 1.29 is 14.6 Å². The van der Waals surface area contributed by atoms with Crippen LogP contribution in [0.25, 0.3) is 0 Å². The van der Waals surface area contributed by atoms with Crippen molar-refractivity contribution in [2.75, 3.05) is 37.7 Å². The number of aliphatic hydroxyl groups is 1. The van der Waals surface area contributed by atoms with Crippen LogP contribution in [-0.2, 0) is 17.8 Å². The van der Waals surface area contributed by atoms with Gasteiger partial charge in [-0.3, -0.25) is 9.48 Å². The number of amides is 1. The second kappa shape index (κ2) is 7.70. The lowest BCUT2D eigenvalue weighted by molar-refractivity contribution is 0.0705. The van der Waals surface area contributed by atoms with E-state index in [1.165, 1.54) is 0 Å². The van der Waals surface area contributed by atoms with Crippen LogP contribution in [0.5, 0.6) is 0 Å². The molecular formula is C20H26N4O3. The SMILES string of the molecule is CC[C@@H](O)c1cc2n(n1)CCN(C(=O)c1ccc(N3CCOCC3)cc1)C2. The first-order chi connectivity index (χ1) is 13.2. The Balaban J connectivity index is 1.44. The van der Waals surface area contributed by atoms with Gasteiger partial charge in [0.25, 0.3) is 5.91 Å². The minimum Gasteiger partial charge on any atom is -0.387 e. The number of hydrogen-bond donors (Lipinski definition) is 1. The molecule has 1 amide bonds. The molecule has 0 aliphatic carbocycles. The Morgan fingerprint density at radius 3 is 2.63 bits per heavy atom. The van der Waals surface area contributed by atoms with Crippen LogP contribution in [0.1, 0.15) is 41.2 Å². The smallest absolute Gasteiger partial charge is 0.254 e. The zero-order valence-corrected chi connectivity index (χ0v) is 15.7. The van der Waals surface area contributed by atoms with Gasteiger partial charge in [-0.2, -0.15) is 5.10 Å². The third kappa shape index (κ3) is 3.70. The molecule has 7 nitrogen and oxygen atoms in total. The summed E-state index contributed by atoms with van der Waals surface area (Å²) >= 11 is 0. The number of hydrogen-bond acceptors (Lipinski definition) is 5. The van der Waals surface area contributed by atoms with Gasteiger partial charge in [-0.15, -0.1) is 0 Å². The zero-order chi connectivity index (χ0) is 18.8. The first kappa shape index (κ1) is 18.0. The van der Waals surface area contributed by atoms with Crippen LogP contribution < -0.4 is 4.90 Å². The molecule has 0 saturated carbocycles. The van der Waals surface area contributed by atoms with Crippen LogP contribution in [0.15, 0.2) is 30.3 Å². The number of morpholine rings is 1. The maximum Gasteiger partial charge on any atom is 0.254 e. The van der Waals surface area contributed by atoms with Crippen molar-refractivity contribution >= 4 is 11.6 Å². The maximum absolute atomic E-state index is 12.9. The average molecular weight is 370 g/mol. The standard InChI is InChI=1S/C20H26N4O3/c1-2-19(25)18-13-17-14-23(7-8-24(17)21-18)20(26)15-3-5-16(6-4-15)22-9-11-27-12-10-22/h3-6,13,19,25H,2,7-12,14H2,1H3/t19-/m1/s1. The fourth-order valence-electron chi connectivity index (χ4n) is 3.65. The molecule has 0 spiro atoms. The summed E-state index contributed by atoms with van der Waals surface area (Å²) in [4.78, 5) is 17.0. The molecule has 144 valence electrons. The molecule has 27 heavy (non-hydrogen) atoms. The van der Waals surface area contributed by atoms with E-state index in [9.17, 15) is 9.90 Å². The van der Waals surface area contributed by atoms with Gasteiger partial charge in [0, 0.05) is 30.9 Å². The average Bonchev–Trinajstić information content (AvgIpc) is 3.17. The van der Waals surface area contributed by atoms with E-state index >= 15 is 0 Å². The highest BCUT2D eigenvalue weighted by atomic mass is 16.5. The number of aromatic nitrogens is 2. The number of carbonyl (C=O) groups excluding carboxylic acids is 1. The third-order valence-corrected chi connectivity index (χ3v) is 5.32. The van der Waals surface area contributed by atoms with Crippen LogP contribution in [0.3, 0.4) is 0 Å². The fourth-order valence-corrected chi connectivity index (χ4v) is 3.65. The van der Waals surface area contributed by atoms with E-state index in [2.05, 4.69) is 10.00 Å². The predicted molar refractivity (Wildman–Crippen MR) is 102 cm³/mol. The van der Waals surface area contributed by atoms with Gasteiger partial charge in [0.15, 0.2) is 0 Å². The molecule has 2 aliphatic heterocycles. The summed E-state index contributed by atoms with van der Waals surface area (Å²) < 4.78 is 7.29. The Hall–Kier alpha value is -2.38. The van der Waals surface area contributed by atoms with Crippen molar-refractivity contribution in [3.8, 4) is 0 Å². The zero-order valence-electron chi connectivity index (χ0n) is 15.7. The molecule has 0 unspecified atom stereocenters. The number of benzene rings is 1. The molecule has 0 bridgehead atoms. The topological polar surface area (TPSA) is 70.8 Å². The monoisotopic (exact) mass is 370 g/mol. The Bertz CT molecular complexity index is 796. The fraction of sp³-hybridized carbons (Fsp3) is 0.500. The van der Waals surface area contributed by atoms with Crippen LogP contribution in [-0.4, -0.2) is 58.5 Å². The first-order valence-corrected chi connectivity index (χ1v) is 9.62. The van der Waals surface area contributed by atoms with E-state index < -0.39 is 6.10 Å². The number of anilines is 1. The highest BCUT2D eigenvalue weighted by Crippen LogP contribution is 2.22. The van der Waals surface area contributed by atoms with Crippen LogP contribution in [0.2, 0.25) is 0 Å². The highest BCUT2D eigenvalue weighted by Gasteiger charge is 2.24. The lowest BCUT2D eigenvalue weighted by Gasteiger charge is -2.29. The molecule has 1 atom stereocenters. The molecule has 3 heterocycles. The van der Waals surface area contributed by atoms with E-state index in [4.69, 9.17) is 4.74 Å². The van der Waals surface area contributed by atoms with Crippen LogP contribution >= 0.6 is 0 Å². The molecule has 2 aromatic rings. The molecule has 1 fully saturated rings. The minimum atomic E-state index is -0.542. The van der Waals surface area contributed by atoms with Gasteiger partial charge in [-0.05, 0) is 36.8 Å². The number of ether oxygens (including phenoxy) is 1. The largest absolute Gasteiger partial charge is 0.387 e. The van der Waals surface area contributed by atoms with Crippen molar-refractivity contribution in [1.82, 2.24) is 14.7 Å². The number of rotatable bonds is 4. The number of carbonyl (C=O) groups is 1. The number of nitrogens with zero attached hydrogens (tertiary/aromatic N) is 4.